The van der Waals surface area contributed by atoms with Gasteiger partial charge in [-0.05, 0) is 60.1 Å². The average Bonchev–Trinajstić information content (AvgIpc) is 3.34. The Morgan fingerprint density at radius 3 is 2.72 bits per heavy atom. The van der Waals surface area contributed by atoms with Gasteiger partial charge in [0.1, 0.15) is 0 Å². The zero-order valence-corrected chi connectivity index (χ0v) is 18.4. The molecular weight excluding hydrogens is 399 g/mol. The van der Waals surface area contributed by atoms with Crippen LogP contribution in [0.5, 0.6) is 0 Å². The lowest BCUT2D eigenvalue weighted by Gasteiger charge is -2.47. The molecule has 4 aromatic rings. The Morgan fingerprint density at radius 1 is 1.17 bits per heavy atom. The topological polar surface area (TPSA) is 61.9 Å². The molecule has 1 unspecified atom stereocenters. The van der Waals surface area contributed by atoms with Gasteiger partial charge in [0, 0.05) is 11.9 Å². The molecule has 29 heavy (non-hydrogen) atoms. The number of hydrogen-bond donors (Lipinski definition) is 1. The van der Waals surface area contributed by atoms with Crippen molar-refractivity contribution in [2.24, 2.45) is 5.92 Å². The number of carbonyl (C=O) groups excluding carboxylic acids is 1. The van der Waals surface area contributed by atoms with Gasteiger partial charge in [0.15, 0.2) is 0 Å². The van der Waals surface area contributed by atoms with Crippen LogP contribution in [-0.4, -0.2) is 20.9 Å². The first-order valence-electron chi connectivity index (χ1n) is 9.53. The summed E-state index contributed by atoms with van der Waals surface area (Å²) in [4.78, 5) is 27.7. The largest absolute Gasteiger partial charge is 0.345 e. The number of carbonyl (C=O) groups is 1. The number of rotatable bonds is 3. The molecule has 3 atom stereocenters. The predicted molar refractivity (Wildman–Crippen MR) is 122 cm³/mol. The van der Waals surface area contributed by atoms with Gasteiger partial charge < -0.3 is 9.88 Å². The minimum Gasteiger partial charge on any atom is -0.345 e. The molecule has 2 aromatic carbocycles. The Bertz CT molecular complexity index is 1240. The molecule has 1 N–H and O–H groups in total. The molecule has 146 valence electrons. The molecule has 0 radical (unpaired) electrons. The molecular formula is C22H21N4OPS. The van der Waals surface area contributed by atoms with Crippen LogP contribution >= 0.6 is 20.6 Å². The Labute approximate surface area is 175 Å². The summed E-state index contributed by atoms with van der Waals surface area (Å²) in [5.74, 6) is 0.0989. The Hall–Kier alpha value is -2.56. The lowest BCUT2D eigenvalue weighted by atomic mass is 9.81. The number of aromatic nitrogens is 3. The minimum atomic E-state index is -0.0537. The van der Waals surface area contributed by atoms with Gasteiger partial charge in [0.2, 0.25) is 5.91 Å². The second kappa shape index (κ2) is 6.75. The highest BCUT2D eigenvalue weighted by atomic mass is 32.1. The van der Waals surface area contributed by atoms with Crippen molar-refractivity contribution in [1.29, 1.82) is 0 Å². The molecule has 3 heterocycles. The molecule has 1 fully saturated rings. The summed E-state index contributed by atoms with van der Waals surface area (Å²) in [5.41, 5.74) is 6.31. The number of amides is 1. The highest BCUT2D eigenvalue weighted by Crippen LogP contribution is 2.45. The summed E-state index contributed by atoms with van der Waals surface area (Å²) in [6, 6.07) is 10.4. The summed E-state index contributed by atoms with van der Waals surface area (Å²) in [6.07, 6.45) is 3.61. The van der Waals surface area contributed by atoms with E-state index in [1.54, 1.807) is 17.7 Å². The fourth-order valence-corrected chi connectivity index (χ4v) is 5.58. The third kappa shape index (κ3) is 2.90. The van der Waals surface area contributed by atoms with Crippen molar-refractivity contribution in [3.05, 3.63) is 59.0 Å². The van der Waals surface area contributed by atoms with Crippen molar-refractivity contribution in [2.45, 2.75) is 26.8 Å². The van der Waals surface area contributed by atoms with E-state index < -0.39 is 0 Å². The third-order valence-electron chi connectivity index (χ3n) is 5.68. The number of β-lactam (4-membered cyclic amide) rings is 1. The van der Waals surface area contributed by atoms with Gasteiger partial charge in [-0.15, -0.1) is 20.6 Å². The number of anilines is 1. The van der Waals surface area contributed by atoms with Gasteiger partial charge in [-0.25, -0.2) is 9.97 Å². The van der Waals surface area contributed by atoms with E-state index in [1.165, 1.54) is 21.6 Å². The van der Waals surface area contributed by atoms with Gasteiger partial charge in [0.25, 0.3) is 0 Å². The van der Waals surface area contributed by atoms with E-state index in [0.29, 0.717) is 0 Å². The first-order valence-corrected chi connectivity index (χ1v) is 10.9. The SMILES string of the molecule is Cc1ncc(-c2cc(C)c([C@H]3[C@@H](C)C(=O)N3c3ccc4nc[nH]c4c3)c(P)c2)s1. The maximum atomic E-state index is 12.8. The monoisotopic (exact) mass is 420 g/mol. The average molecular weight is 420 g/mol. The van der Waals surface area contributed by atoms with Crippen molar-refractivity contribution >= 4 is 48.5 Å². The molecule has 0 aliphatic carbocycles. The Balaban J connectivity index is 1.57. The van der Waals surface area contributed by atoms with Crippen LogP contribution in [0, 0.1) is 19.8 Å². The third-order valence-corrected chi connectivity index (χ3v) is 7.12. The molecule has 1 amide bonds. The number of nitrogens with zero attached hydrogens (tertiary/aromatic N) is 3. The molecule has 0 saturated carbocycles. The van der Waals surface area contributed by atoms with Crippen LogP contribution in [0.4, 0.5) is 5.69 Å². The number of imidazole rings is 1. The lowest BCUT2D eigenvalue weighted by Crippen LogP contribution is -2.55. The smallest absolute Gasteiger partial charge is 0.232 e. The molecule has 5 rings (SSSR count). The highest BCUT2D eigenvalue weighted by Gasteiger charge is 2.47. The van der Waals surface area contributed by atoms with Crippen LogP contribution in [0.3, 0.4) is 0 Å². The molecule has 0 bridgehead atoms. The Kier molecular flexibility index (Phi) is 4.30. The lowest BCUT2D eigenvalue weighted by molar-refractivity contribution is -0.129. The van der Waals surface area contributed by atoms with E-state index in [9.17, 15) is 4.79 Å². The molecule has 5 nitrogen and oxygen atoms in total. The first kappa shape index (κ1) is 18.5. The molecule has 2 aromatic heterocycles. The number of hydrogen-bond acceptors (Lipinski definition) is 4. The van der Waals surface area contributed by atoms with Crippen LogP contribution in [-0.2, 0) is 4.79 Å². The Morgan fingerprint density at radius 2 is 2.00 bits per heavy atom. The maximum Gasteiger partial charge on any atom is 0.232 e. The van der Waals surface area contributed by atoms with E-state index in [-0.39, 0.29) is 17.9 Å². The second-order valence-electron chi connectivity index (χ2n) is 7.59. The molecule has 1 saturated heterocycles. The van der Waals surface area contributed by atoms with E-state index in [0.717, 1.165) is 27.0 Å². The summed E-state index contributed by atoms with van der Waals surface area (Å²) >= 11 is 1.70. The first-order chi connectivity index (χ1) is 13.9. The van der Waals surface area contributed by atoms with Crippen LogP contribution in [0.1, 0.15) is 29.1 Å². The standard InChI is InChI=1S/C22H21N4OPS/c1-11-6-14(19-9-23-13(3)29-19)7-18(28)20(11)21-12(2)22(27)26(21)15-4-5-16-17(8-15)25-10-24-16/h4-10,12,21H,28H2,1-3H3,(H,24,25)/t12-,21-/m1/s1. The highest BCUT2D eigenvalue weighted by molar-refractivity contribution is 7.27. The summed E-state index contributed by atoms with van der Waals surface area (Å²) in [6.45, 7) is 6.17. The number of H-pyrrole nitrogens is 1. The van der Waals surface area contributed by atoms with E-state index in [2.05, 4.69) is 43.2 Å². The van der Waals surface area contributed by atoms with Gasteiger partial charge in [-0.2, -0.15) is 0 Å². The van der Waals surface area contributed by atoms with Gasteiger partial charge in [-0.3, -0.25) is 4.79 Å². The maximum absolute atomic E-state index is 12.8. The number of fused-ring (bicyclic) bond motifs is 1. The van der Waals surface area contributed by atoms with Crippen LogP contribution in [0.2, 0.25) is 0 Å². The second-order valence-corrected chi connectivity index (χ2v) is 9.44. The summed E-state index contributed by atoms with van der Waals surface area (Å²) in [7, 11) is 2.88. The van der Waals surface area contributed by atoms with Crippen molar-refractivity contribution in [3.63, 3.8) is 0 Å². The summed E-state index contributed by atoms with van der Waals surface area (Å²) < 4.78 is 0. The fraction of sp³-hybridized carbons (Fsp3) is 0.227. The zero-order chi connectivity index (χ0) is 20.3. The predicted octanol–water partition coefficient (Wildman–Crippen LogP) is 4.53. The normalized spacial score (nSPS) is 19.0. The minimum absolute atomic E-state index is 0.0209. The molecule has 1 aliphatic heterocycles. The van der Waals surface area contributed by atoms with E-state index >= 15 is 0 Å². The molecule has 7 heteroatoms. The van der Waals surface area contributed by atoms with Crippen molar-refractivity contribution in [1.82, 2.24) is 15.0 Å². The van der Waals surface area contributed by atoms with Crippen molar-refractivity contribution in [2.75, 3.05) is 4.90 Å². The van der Waals surface area contributed by atoms with Crippen LogP contribution in [0.25, 0.3) is 21.5 Å². The number of nitrogens with one attached hydrogen (secondary N) is 1. The molecule has 1 aliphatic rings. The van der Waals surface area contributed by atoms with Gasteiger partial charge in [-0.1, -0.05) is 13.0 Å². The number of benzene rings is 2. The quantitative estimate of drug-likeness (QED) is 0.391. The number of aromatic amines is 1. The van der Waals surface area contributed by atoms with Crippen molar-refractivity contribution in [3.8, 4) is 10.4 Å². The number of thiazole rings is 1. The van der Waals surface area contributed by atoms with Crippen LogP contribution < -0.4 is 10.2 Å². The zero-order valence-electron chi connectivity index (χ0n) is 16.4. The van der Waals surface area contributed by atoms with Crippen LogP contribution in [0.15, 0.2) is 42.9 Å². The molecule has 0 spiro atoms. The number of aryl methyl sites for hydroxylation is 2. The van der Waals surface area contributed by atoms with Gasteiger partial charge >= 0.3 is 0 Å². The summed E-state index contributed by atoms with van der Waals surface area (Å²) in [5, 5.41) is 2.19. The van der Waals surface area contributed by atoms with Gasteiger partial charge in [0.05, 0.1) is 39.2 Å². The van der Waals surface area contributed by atoms with E-state index in [4.69, 9.17) is 0 Å². The van der Waals surface area contributed by atoms with Crippen molar-refractivity contribution < 1.29 is 4.79 Å². The van der Waals surface area contributed by atoms with E-state index in [1.807, 2.05) is 43.1 Å². The fourth-order valence-electron chi connectivity index (χ4n) is 4.24.